The fraction of sp³-hybridized carbons (Fsp3) is 0. The Morgan fingerprint density at radius 1 is 0.488 bits per heavy atom. The maximum atomic E-state index is 14.8. The Morgan fingerprint density at radius 3 is 1.61 bits per heavy atom. The van der Waals surface area contributed by atoms with E-state index in [-0.39, 0.29) is 0 Å². The molecular weight excluding hydrogens is 552 g/mol. The van der Waals surface area contributed by atoms with Gasteiger partial charge in [-0.15, -0.1) is 11.3 Å². The van der Waals surface area contributed by atoms with Crippen molar-refractivity contribution in [2.75, 3.05) is 0 Å². The summed E-state index contributed by atoms with van der Waals surface area (Å²) in [6.45, 7) is 0. The molecule has 0 atom stereocenters. The van der Waals surface area contributed by atoms with Gasteiger partial charge in [-0.25, -0.2) is 18.2 Å². The number of benzene rings is 5. The first kappa shape index (κ1) is 25.4. The Kier molecular flexibility index (Phi) is 6.30. The number of nitrogens with zero attached hydrogens (tertiary/aromatic N) is 1. The van der Waals surface area contributed by atoms with Gasteiger partial charge in [-0.05, 0) is 86.5 Å². The van der Waals surface area contributed by atoms with E-state index in [1.165, 1.54) is 41.8 Å². The second-order valence-corrected chi connectivity index (χ2v) is 14.9. The van der Waals surface area contributed by atoms with Gasteiger partial charge in [-0.2, -0.15) is 0 Å². The van der Waals surface area contributed by atoms with Crippen molar-refractivity contribution in [3.8, 4) is 11.1 Å². The molecule has 2 aromatic heterocycles. The first-order valence-corrected chi connectivity index (χ1v) is 16.0. The Balaban J connectivity index is 1.44. The third kappa shape index (κ3) is 4.36. The molecule has 0 N–H and O–H groups in total. The fourth-order valence-corrected chi connectivity index (χ4v) is 11.7. The van der Waals surface area contributed by atoms with Crippen molar-refractivity contribution in [1.82, 2.24) is 4.98 Å². The molecule has 0 radical (unpaired) electrons. The molecule has 0 aliphatic heterocycles. The number of fused-ring (bicyclic) bond motifs is 3. The van der Waals surface area contributed by atoms with E-state index in [0.717, 1.165) is 31.2 Å². The van der Waals surface area contributed by atoms with Gasteiger partial charge in [0.25, 0.3) is 0 Å². The Hall–Kier alpha value is -4.52. The number of rotatable bonds is 5. The van der Waals surface area contributed by atoms with Gasteiger partial charge in [-0.3, -0.25) is 0 Å². The normalized spacial score (nSPS) is 11.8. The number of hydrogen-bond acceptors (Lipinski definition) is 2. The second-order valence-electron chi connectivity index (χ2n) is 10.0. The molecule has 0 unspecified atom stereocenters. The molecule has 6 heteroatoms. The predicted molar refractivity (Wildman–Crippen MR) is 166 cm³/mol. The van der Waals surface area contributed by atoms with Crippen molar-refractivity contribution in [3.63, 3.8) is 0 Å². The molecule has 0 fully saturated rings. The molecule has 0 aliphatic rings. The van der Waals surface area contributed by atoms with Crippen molar-refractivity contribution < 1.29 is 13.2 Å². The van der Waals surface area contributed by atoms with E-state index in [0.29, 0.717) is 15.6 Å². The zero-order chi connectivity index (χ0) is 28.0. The maximum Gasteiger partial charge on any atom is 0.179 e. The van der Waals surface area contributed by atoms with Crippen LogP contribution in [0.2, 0.25) is 0 Å². The first-order valence-electron chi connectivity index (χ1n) is 13.2. The van der Waals surface area contributed by atoms with Crippen molar-refractivity contribution in [1.29, 1.82) is 0 Å². The average Bonchev–Trinajstić information content (AvgIpc) is 3.36. The SMILES string of the molecule is Fc1cccc([Si](c2ccc(-c3ccc4c(c3)sc3ncccc34)cc2)(c2cccc(F)c2)c2cccc(F)c2)c1. The van der Waals surface area contributed by atoms with E-state index < -0.39 is 25.5 Å². The lowest BCUT2D eigenvalue weighted by molar-refractivity contribution is 0.629. The molecule has 2 heterocycles. The highest BCUT2D eigenvalue weighted by atomic mass is 32.1. The van der Waals surface area contributed by atoms with Gasteiger partial charge in [-0.1, -0.05) is 72.8 Å². The molecule has 0 spiro atoms. The van der Waals surface area contributed by atoms with E-state index in [4.69, 9.17) is 0 Å². The van der Waals surface area contributed by atoms with Crippen LogP contribution in [0.15, 0.2) is 134 Å². The topological polar surface area (TPSA) is 12.9 Å². The van der Waals surface area contributed by atoms with Crippen LogP contribution >= 0.6 is 11.3 Å². The first-order chi connectivity index (χ1) is 20.0. The summed E-state index contributed by atoms with van der Waals surface area (Å²) in [5.74, 6) is -1.18. The van der Waals surface area contributed by atoms with E-state index in [2.05, 4.69) is 29.2 Å². The lowest BCUT2D eigenvalue weighted by Gasteiger charge is -2.34. The van der Waals surface area contributed by atoms with Crippen molar-refractivity contribution in [3.05, 3.63) is 151 Å². The van der Waals surface area contributed by atoms with Crippen LogP contribution in [0.1, 0.15) is 0 Å². The number of thiophene rings is 1. The van der Waals surface area contributed by atoms with Crippen LogP contribution in [0, 0.1) is 17.5 Å². The molecule has 7 rings (SSSR count). The van der Waals surface area contributed by atoms with Crippen LogP contribution in [-0.4, -0.2) is 13.1 Å². The van der Waals surface area contributed by atoms with Crippen LogP contribution in [0.5, 0.6) is 0 Å². The van der Waals surface area contributed by atoms with Gasteiger partial charge in [0.15, 0.2) is 8.07 Å². The molecule has 7 aromatic rings. The van der Waals surface area contributed by atoms with Gasteiger partial charge in [0, 0.05) is 21.7 Å². The third-order valence-corrected chi connectivity index (χ3v) is 13.5. The van der Waals surface area contributed by atoms with E-state index in [9.17, 15) is 13.2 Å². The minimum atomic E-state index is -3.31. The zero-order valence-corrected chi connectivity index (χ0v) is 23.5. The van der Waals surface area contributed by atoms with Crippen LogP contribution in [-0.2, 0) is 0 Å². The number of pyridine rings is 1. The zero-order valence-electron chi connectivity index (χ0n) is 21.7. The molecule has 0 aliphatic carbocycles. The summed E-state index contributed by atoms with van der Waals surface area (Å²) in [6.07, 6.45) is 1.81. The quantitative estimate of drug-likeness (QED) is 0.161. The number of aromatic nitrogens is 1. The van der Waals surface area contributed by atoms with Crippen LogP contribution in [0.25, 0.3) is 31.4 Å². The molecule has 41 heavy (non-hydrogen) atoms. The summed E-state index contributed by atoms with van der Waals surface area (Å²) in [5, 5.41) is 5.34. The molecule has 0 saturated carbocycles. The van der Waals surface area contributed by atoms with E-state index in [1.54, 1.807) is 29.5 Å². The summed E-state index contributed by atoms with van der Waals surface area (Å²) in [7, 11) is -3.31. The third-order valence-electron chi connectivity index (χ3n) is 7.67. The van der Waals surface area contributed by atoms with Gasteiger partial charge in [0.2, 0.25) is 0 Å². The lowest BCUT2D eigenvalue weighted by atomic mass is 10.0. The minimum absolute atomic E-state index is 0.394. The summed E-state index contributed by atoms with van der Waals surface area (Å²) in [5.41, 5.74) is 2.08. The van der Waals surface area contributed by atoms with Crippen molar-refractivity contribution in [2.24, 2.45) is 0 Å². The molecule has 0 amide bonds. The highest BCUT2D eigenvalue weighted by Crippen LogP contribution is 2.35. The highest BCUT2D eigenvalue weighted by Gasteiger charge is 2.42. The average molecular weight is 574 g/mol. The summed E-state index contributed by atoms with van der Waals surface area (Å²) in [4.78, 5) is 5.51. The van der Waals surface area contributed by atoms with Gasteiger partial charge >= 0.3 is 0 Å². The van der Waals surface area contributed by atoms with Crippen LogP contribution in [0.4, 0.5) is 13.2 Å². The number of hydrogen-bond donors (Lipinski definition) is 0. The van der Waals surface area contributed by atoms with Gasteiger partial charge in [0.05, 0.1) is 0 Å². The second kappa shape index (κ2) is 10.1. The monoisotopic (exact) mass is 573 g/mol. The van der Waals surface area contributed by atoms with Crippen LogP contribution < -0.4 is 20.7 Å². The lowest BCUT2D eigenvalue weighted by Crippen LogP contribution is -2.75. The molecule has 0 bridgehead atoms. The molecular formula is C35H22F3NSSi. The van der Waals surface area contributed by atoms with Gasteiger partial charge in [0.1, 0.15) is 22.3 Å². The Labute approximate surface area is 240 Å². The van der Waals surface area contributed by atoms with Gasteiger partial charge < -0.3 is 0 Å². The number of halogens is 3. The Bertz CT molecular complexity index is 1940. The summed E-state index contributed by atoms with van der Waals surface area (Å²) in [6, 6.07) is 37.8. The fourth-order valence-electron chi connectivity index (χ4n) is 5.87. The van der Waals surface area contributed by atoms with E-state index >= 15 is 0 Å². The summed E-state index contributed by atoms with van der Waals surface area (Å²) < 4.78 is 45.4. The molecule has 198 valence electrons. The van der Waals surface area contributed by atoms with E-state index in [1.807, 2.05) is 54.7 Å². The summed E-state index contributed by atoms with van der Waals surface area (Å²) >= 11 is 1.66. The standard InChI is InChI=1S/C35H22F3NSSi/c36-25-5-1-8-29(20-25)41(30-9-2-6-26(37)21-30,31-10-3-7-27(38)22-31)28-15-12-23(13-16-28)24-14-17-32-33-11-4-18-39-35(33)40-34(32)19-24/h1-22H. The largest absolute Gasteiger partial charge is 0.245 e. The maximum absolute atomic E-state index is 14.8. The van der Waals surface area contributed by atoms with Crippen molar-refractivity contribution in [2.45, 2.75) is 0 Å². The van der Waals surface area contributed by atoms with Crippen LogP contribution in [0.3, 0.4) is 0 Å². The Morgan fingerprint density at radius 2 is 1.05 bits per heavy atom. The molecule has 5 aromatic carbocycles. The highest BCUT2D eigenvalue weighted by molar-refractivity contribution is 7.25. The minimum Gasteiger partial charge on any atom is -0.245 e. The van der Waals surface area contributed by atoms with Crippen molar-refractivity contribution >= 4 is 60.5 Å². The predicted octanol–water partition coefficient (Wildman–Crippen LogP) is 6.91. The smallest absolute Gasteiger partial charge is 0.179 e. The molecule has 1 nitrogen and oxygen atoms in total. The molecule has 0 saturated heterocycles.